The first-order valence-corrected chi connectivity index (χ1v) is 6.61. The standard InChI is InChI=1S/C15H23NO/c1-5-11-8-7-9-12-13(16-6-2)10-15(3,4)17-14(11)12/h7-9,13,16H,5-6,10H2,1-4H3. The van der Waals surface area contributed by atoms with Gasteiger partial charge in [0.25, 0.3) is 0 Å². The second kappa shape index (κ2) is 4.69. The summed E-state index contributed by atoms with van der Waals surface area (Å²) in [5, 5.41) is 3.57. The van der Waals surface area contributed by atoms with Crippen molar-refractivity contribution in [2.24, 2.45) is 0 Å². The van der Waals surface area contributed by atoms with Crippen LogP contribution in [0.1, 0.15) is 51.3 Å². The Morgan fingerprint density at radius 2 is 2.12 bits per heavy atom. The summed E-state index contributed by atoms with van der Waals surface area (Å²) in [6, 6.07) is 6.93. The Balaban J connectivity index is 2.44. The van der Waals surface area contributed by atoms with Gasteiger partial charge < -0.3 is 10.1 Å². The average molecular weight is 233 g/mol. The molecule has 0 saturated carbocycles. The number of fused-ring (bicyclic) bond motifs is 1. The number of aryl methyl sites for hydroxylation is 1. The van der Waals surface area contributed by atoms with E-state index in [9.17, 15) is 0 Å². The van der Waals surface area contributed by atoms with Crippen LogP contribution in [0.15, 0.2) is 18.2 Å². The highest BCUT2D eigenvalue weighted by Crippen LogP contribution is 2.41. The number of ether oxygens (including phenoxy) is 1. The topological polar surface area (TPSA) is 21.3 Å². The zero-order valence-corrected chi connectivity index (χ0v) is 11.3. The summed E-state index contributed by atoms with van der Waals surface area (Å²) < 4.78 is 6.18. The van der Waals surface area contributed by atoms with Gasteiger partial charge in [0.2, 0.25) is 0 Å². The first-order chi connectivity index (χ1) is 8.07. The van der Waals surface area contributed by atoms with Crippen molar-refractivity contribution in [3.05, 3.63) is 29.3 Å². The molecule has 0 radical (unpaired) electrons. The van der Waals surface area contributed by atoms with E-state index in [1.165, 1.54) is 11.1 Å². The van der Waals surface area contributed by atoms with Gasteiger partial charge in [-0.05, 0) is 32.4 Å². The fraction of sp³-hybridized carbons (Fsp3) is 0.600. The largest absolute Gasteiger partial charge is 0.487 e. The highest BCUT2D eigenvalue weighted by molar-refractivity contribution is 5.45. The fourth-order valence-electron chi connectivity index (χ4n) is 2.63. The summed E-state index contributed by atoms with van der Waals surface area (Å²) in [5.74, 6) is 1.11. The predicted octanol–water partition coefficient (Wildman–Crippen LogP) is 3.46. The lowest BCUT2D eigenvalue weighted by molar-refractivity contribution is 0.0652. The maximum atomic E-state index is 6.18. The van der Waals surface area contributed by atoms with Crippen molar-refractivity contribution in [1.82, 2.24) is 5.32 Å². The maximum Gasteiger partial charge on any atom is 0.128 e. The van der Waals surface area contributed by atoms with Crippen molar-refractivity contribution in [3.8, 4) is 5.75 Å². The van der Waals surface area contributed by atoms with E-state index in [2.05, 4.69) is 51.2 Å². The molecule has 2 heteroatoms. The van der Waals surface area contributed by atoms with Crippen molar-refractivity contribution < 1.29 is 4.74 Å². The molecule has 0 fully saturated rings. The lowest BCUT2D eigenvalue weighted by atomic mass is 9.88. The molecule has 1 aromatic rings. The summed E-state index contributed by atoms with van der Waals surface area (Å²) in [7, 11) is 0. The molecule has 1 heterocycles. The summed E-state index contributed by atoms with van der Waals surface area (Å²) in [4.78, 5) is 0. The fourth-order valence-corrected chi connectivity index (χ4v) is 2.63. The SMILES string of the molecule is CCNC1CC(C)(C)Oc2c(CC)cccc21. The van der Waals surface area contributed by atoms with Gasteiger partial charge in [-0.3, -0.25) is 0 Å². The van der Waals surface area contributed by atoms with Crippen molar-refractivity contribution in [2.75, 3.05) is 6.54 Å². The zero-order valence-electron chi connectivity index (χ0n) is 11.3. The maximum absolute atomic E-state index is 6.18. The van der Waals surface area contributed by atoms with E-state index in [0.29, 0.717) is 6.04 Å². The van der Waals surface area contributed by atoms with Gasteiger partial charge in [-0.1, -0.05) is 32.0 Å². The van der Waals surface area contributed by atoms with E-state index in [1.807, 2.05) is 0 Å². The summed E-state index contributed by atoms with van der Waals surface area (Å²) in [6.45, 7) is 9.69. The van der Waals surface area contributed by atoms with Crippen LogP contribution in [0.5, 0.6) is 5.75 Å². The number of rotatable bonds is 3. The van der Waals surface area contributed by atoms with Gasteiger partial charge in [0.05, 0.1) is 0 Å². The van der Waals surface area contributed by atoms with Crippen LogP contribution in [-0.4, -0.2) is 12.1 Å². The Labute approximate surface area is 104 Å². The molecule has 1 unspecified atom stereocenters. The summed E-state index contributed by atoms with van der Waals surface area (Å²) in [5.41, 5.74) is 2.56. The Morgan fingerprint density at radius 3 is 2.76 bits per heavy atom. The molecule has 0 aliphatic carbocycles. The Kier molecular flexibility index (Phi) is 3.43. The predicted molar refractivity (Wildman–Crippen MR) is 71.6 cm³/mol. The molecule has 0 amide bonds. The van der Waals surface area contributed by atoms with Crippen LogP contribution >= 0.6 is 0 Å². The van der Waals surface area contributed by atoms with Crippen LogP contribution in [0.25, 0.3) is 0 Å². The number of benzene rings is 1. The number of hydrogen-bond acceptors (Lipinski definition) is 2. The minimum absolute atomic E-state index is 0.0783. The lowest BCUT2D eigenvalue weighted by Crippen LogP contribution is -2.39. The third-order valence-electron chi connectivity index (χ3n) is 3.41. The third kappa shape index (κ3) is 2.47. The first kappa shape index (κ1) is 12.4. The smallest absolute Gasteiger partial charge is 0.128 e. The van der Waals surface area contributed by atoms with Gasteiger partial charge in [-0.25, -0.2) is 0 Å². The molecule has 1 aromatic carbocycles. The zero-order chi connectivity index (χ0) is 12.5. The van der Waals surface area contributed by atoms with E-state index < -0.39 is 0 Å². The van der Waals surface area contributed by atoms with E-state index in [-0.39, 0.29) is 5.60 Å². The molecule has 0 saturated heterocycles. The summed E-state index contributed by atoms with van der Waals surface area (Å²) >= 11 is 0. The van der Waals surface area contributed by atoms with Crippen LogP contribution in [0.3, 0.4) is 0 Å². The van der Waals surface area contributed by atoms with Gasteiger partial charge in [-0.15, -0.1) is 0 Å². The molecule has 17 heavy (non-hydrogen) atoms. The highest BCUT2D eigenvalue weighted by Gasteiger charge is 2.34. The number of nitrogens with one attached hydrogen (secondary N) is 1. The molecule has 1 N–H and O–H groups in total. The summed E-state index contributed by atoms with van der Waals surface area (Å²) in [6.07, 6.45) is 2.05. The monoisotopic (exact) mass is 233 g/mol. The minimum atomic E-state index is -0.0783. The molecule has 1 atom stereocenters. The van der Waals surface area contributed by atoms with Crippen molar-refractivity contribution >= 4 is 0 Å². The second-order valence-electron chi connectivity index (χ2n) is 5.37. The van der Waals surface area contributed by atoms with Crippen molar-refractivity contribution in [2.45, 2.75) is 52.2 Å². The van der Waals surface area contributed by atoms with Crippen molar-refractivity contribution in [3.63, 3.8) is 0 Å². The molecular formula is C15H23NO. The first-order valence-electron chi connectivity index (χ1n) is 6.61. The second-order valence-corrected chi connectivity index (χ2v) is 5.37. The third-order valence-corrected chi connectivity index (χ3v) is 3.41. The van der Waals surface area contributed by atoms with Gasteiger partial charge in [-0.2, -0.15) is 0 Å². The van der Waals surface area contributed by atoms with Crippen LogP contribution < -0.4 is 10.1 Å². The van der Waals surface area contributed by atoms with Gasteiger partial charge in [0.1, 0.15) is 11.4 Å². The quantitative estimate of drug-likeness (QED) is 0.863. The molecule has 0 spiro atoms. The Bertz CT molecular complexity index is 398. The van der Waals surface area contributed by atoms with E-state index in [1.54, 1.807) is 0 Å². The van der Waals surface area contributed by atoms with Gasteiger partial charge in [0, 0.05) is 18.0 Å². The average Bonchev–Trinajstić information content (AvgIpc) is 2.27. The highest BCUT2D eigenvalue weighted by atomic mass is 16.5. The van der Waals surface area contributed by atoms with E-state index in [0.717, 1.165) is 25.1 Å². The van der Waals surface area contributed by atoms with Crippen LogP contribution in [0, 0.1) is 0 Å². The van der Waals surface area contributed by atoms with Crippen LogP contribution in [-0.2, 0) is 6.42 Å². The molecule has 2 rings (SSSR count). The van der Waals surface area contributed by atoms with E-state index >= 15 is 0 Å². The minimum Gasteiger partial charge on any atom is -0.487 e. The number of hydrogen-bond donors (Lipinski definition) is 1. The molecule has 2 nitrogen and oxygen atoms in total. The lowest BCUT2D eigenvalue weighted by Gasteiger charge is -2.39. The Hall–Kier alpha value is -1.02. The normalized spacial score (nSPS) is 21.8. The molecule has 94 valence electrons. The van der Waals surface area contributed by atoms with Crippen molar-refractivity contribution in [1.29, 1.82) is 0 Å². The molecular weight excluding hydrogens is 210 g/mol. The molecule has 1 aliphatic heterocycles. The van der Waals surface area contributed by atoms with E-state index in [4.69, 9.17) is 4.74 Å². The molecule has 1 aliphatic rings. The number of para-hydroxylation sites is 1. The Morgan fingerprint density at radius 1 is 1.35 bits per heavy atom. The van der Waals surface area contributed by atoms with Crippen LogP contribution in [0.2, 0.25) is 0 Å². The van der Waals surface area contributed by atoms with Gasteiger partial charge in [0.15, 0.2) is 0 Å². The molecule has 0 aromatic heterocycles. The van der Waals surface area contributed by atoms with Gasteiger partial charge >= 0.3 is 0 Å². The van der Waals surface area contributed by atoms with Crippen LogP contribution in [0.4, 0.5) is 0 Å². The molecule has 0 bridgehead atoms.